The molecule has 19 heavy (non-hydrogen) atoms. The van der Waals surface area contributed by atoms with Crippen molar-refractivity contribution in [1.29, 1.82) is 0 Å². The SMILES string of the molecule is O=c1[nH][nH]c(=O)c2c(NCc3ccco3)cccc12. The Morgan fingerprint density at radius 1 is 1.05 bits per heavy atom. The smallest absolute Gasteiger partial charge is 0.272 e. The zero-order valence-corrected chi connectivity index (χ0v) is 9.90. The van der Waals surface area contributed by atoms with Crippen LogP contribution < -0.4 is 16.4 Å². The van der Waals surface area contributed by atoms with Crippen molar-refractivity contribution in [3.05, 3.63) is 63.1 Å². The summed E-state index contributed by atoms with van der Waals surface area (Å²) < 4.78 is 5.20. The zero-order chi connectivity index (χ0) is 13.2. The quantitative estimate of drug-likeness (QED) is 0.661. The first-order chi connectivity index (χ1) is 9.25. The van der Waals surface area contributed by atoms with Gasteiger partial charge in [-0.3, -0.25) is 19.8 Å². The van der Waals surface area contributed by atoms with Crippen LogP contribution in [0.25, 0.3) is 10.8 Å². The number of hydrogen-bond acceptors (Lipinski definition) is 4. The van der Waals surface area contributed by atoms with Crippen LogP contribution in [0.5, 0.6) is 0 Å². The molecule has 6 heteroatoms. The molecule has 0 aliphatic heterocycles. The van der Waals surface area contributed by atoms with E-state index >= 15 is 0 Å². The van der Waals surface area contributed by atoms with E-state index in [9.17, 15) is 9.59 Å². The molecule has 2 aromatic heterocycles. The van der Waals surface area contributed by atoms with Crippen LogP contribution in [0.15, 0.2) is 50.6 Å². The second-order valence-electron chi connectivity index (χ2n) is 4.07. The van der Waals surface area contributed by atoms with Gasteiger partial charge in [-0.2, -0.15) is 0 Å². The lowest BCUT2D eigenvalue weighted by Gasteiger charge is -2.07. The summed E-state index contributed by atoms with van der Waals surface area (Å²) in [7, 11) is 0. The number of H-pyrrole nitrogens is 2. The fraction of sp³-hybridized carbons (Fsp3) is 0.0769. The summed E-state index contributed by atoms with van der Waals surface area (Å²) in [6.07, 6.45) is 1.58. The molecule has 96 valence electrons. The van der Waals surface area contributed by atoms with E-state index in [1.54, 1.807) is 30.5 Å². The van der Waals surface area contributed by atoms with E-state index in [1.807, 2.05) is 6.07 Å². The lowest BCUT2D eigenvalue weighted by atomic mass is 10.1. The highest BCUT2D eigenvalue weighted by atomic mass is 16.3. The van der Waals surface area contributed by atoms with Crippen LogP contribution in [0.3, 0.4) is 0 Å². The van der Waals surface area contributed by atoms with Crippen LogP contribution in [-0.2, 0) is 6.54 Å². The average molecular weight is 257 g/mol. The number of fused-ring (bicyclic) bond motifs is 1. The molecule has 3 aromatic rings. The molecule has 3 N–H and O–H groups in total. The molecular formula is C13H11N3O3. The largest absolute Gasteiger partial charge is 0.467 e. The molecule has 0 aliphatic rings. The number of benzene rings is 1. The molecule has 0 spiro atoms. The molecule has 0 fully saturated rings. The van der Waals surface area contributed by atoms with Crippen molar-refractivity contribution in [1.82, 2.24) is 10.2 Å². The predicted molar refractivity (Wildman–Crippen MR) is 71.2 cm³/mol. The summed E-state index contributed by atoms with van der Waals surface area (Å²) in [5, 5.41) is 8.41. The third-order valence-electron chi connectivity index (χ3n) is 2.86. The number of rotatable bonds is 3. The Labute approximate surface area is 107 Å². The minimum atomic E-state index is -0.336. The first kappa shape index (κ1) is 11.3. The molecule has 0 aliphatic carbocycles. The number of aromatic amines is 2. The fourth-order valence-electron chi connectivity index (χ4n) is 1.97. The molecule has 3 rings (SSSR count). The molecule has 6 nitrogen and oxygen atoms in total. The Balaban J connectivity index is 2.06. The Hall–Kier alpha value is -2.76. The molecule has 0 radical (unpaired) electrons. The van der Waals surface area contributed by atoms with Crippen LogP contribution in [-0.4, -0.2) is 10.2 Å². The maximum Gasteiger partial charge on any atom is 0.272 e. The van der Waals surface area contributed by atoms with E-state index in [0.717, 1.165) is 5.76 Å². The standard InChI is InChI=1S/C13H11N3O3/c17-12-9-4-1-5-10(11(9)13(18)16-15-12)14-7-8-3-2-6-19-8/h1-6,14H,7H2,(H,15,17)(H,16,18). The number of anilines is 1. The minimum absolute atomic E-state index is 0.323. The summed E-state index contributed by atoms with van der Waals surface area (Å²) in [6, 6.07) is 8.70. The van der Waals surface area contributed by atoms with E-state index in [-0.39, 0.29) is 11.1 Å². The van der Waals surface area contributed by atoms with E-state index in [2.05, 4.69) is 15.5 Å². The highest BCUT2D eigenvalue weighted by molar-refractivity contribution is 5.92. The molecule has 2 heterocycles. The zero-order valence-electron chi connectivity index (χ0n) is 9.90. The van der Waals surface area contributed by atoms with E-state index in [1.165, 1.54) is 0 Å². The maximum absolute atomic E-state index is 11.8. The molecule has 0 unspecified atom stereocenters. The Morgan fingerprint density at radius 3 is 2.68 bits per heavy atom. The predicted octanol–water partition coefficient (Wildman–Crippen LogP) is 1.42. The van der Waals surface area contributed by atoms with Crippen LogP contribution in [0.1, 0.15) is 5.76 Å². The summed E-state index contributed by atoms with van der Waals surface area (Å²) in [5.74, 6) is 0.748. The normalized spacial score (nSPS) is 10.7. The van der Waals surface area contributed by atoms with Crippen molar-refractivity contribution < 1.29 is 4.42 Å². The first-order valence-electron chi connectivity index (χ1n) is 5.75. The van der Waals surface area contributed by atoms with Gasteiger partial charge in [0.1, 0.15) is 5.76 Å². The van der Waals surface area contributed by atoms with Gasteiger partial charge in [-0.05, 0) is 24.3 Å². The monoisotopic (exact) mass is 257 g/mol. The molecule has 0 saturated heterocycles. The van der Waals surface area contributed by atoms with Crippen molar-refractivity contribution in [3.8, 4) is 0 Å². The van der Waals surface area contributed by atoms with Gasteiger partial charge in [0, 0.05) is 5.69 Å². The van der Waals surface area contributed by atoms with Crippen LogP contribution in [0.4, 0.5) is 5.69 Å². The third-order valence-corrected chi connectivity index (χ3v) is 2.86. The van der Waals surface area contributed by atoms with E-state index < -0.39 is 0 Å². The molecule has 0 bridgehead atoms. The van der Waals surface area contributed by atoms with Crippen LogP contribution in [0, 0.1) is 0 Å². The van der Waals surface area contributed by atoms with Gasteiger partial charge in [0.05, 0.1) is 23.6 Å². The molecule has 0 atom stereocenters. The number of nitrogens with one attached hydrogen (secondary N) is 3. The van der Waals surface area contributed by atoms with Gasteiger partial charge in [-0.25, -0.2) is 0 Å². The Morgan fingerprint density at radius 2 is 1.89 bits per heavy atom. The minimum Gasteiger partial charge on any atom is -0.467 e. The molecule has 0 saturated carbocycles. The van der Waals surface area contributed by atoms with Crippen molar-refractivity contribution in [2.24, 2.45) is 0 Å². The number of furan rings is 1. The van der Waals surface area contributed by atoms with E-state index in [0.29, 0.717) is 23.0 Å². The second-order valence-corrected chi connectivity index (χ2v) is 4.07. The number of aromatic nitrogens is 2. The Kier molecular flexibility index (Phi) is 2.68. The highest BCUT2D eigenvalue weighted by Crippen LogP contribution is 2.17. The van der Waals surface area contributed by atoms with Crippen LogP contribution in [0.2, 0.25) is 0 Å². The highest BCUT2D eigenvalue weighted by Gasteiger charge is 2.08. The third kappa shape index (κ3) is 2.03. The van der Waals surface area contributed by atoms with E-state index in [4.69, 9.17) is 4.42 Å². The number of hydrogen-bond donors (Lipinski definition) is 3. The summed E-state index contributed by atoms with van der Waals surface area (Å²) >= 11 is 0. The first-order valence-corrected chi connectivity index (χ1v) is 5.75. The second kappa shape index (κ2) is 4.49. The van der Waals surface area contributed by atoms with Crippen molar-refractivity contribution in [2.75, 3.05) is 5.32 Å². The van der Waals surface area contributed by atoms with Crippen molar-refractivity contribution in [2.45, 2.75) is 6.54 Å². The summed E-state index contributed by atoms with van der Waals surface area (Å²) in [5.41, 5.74) is -0.0605. The van der Waals surface area contributed by atoms with Gasteiger partial charge in [0.2, 0.25) is 0 Å². The van der Waals surface area contributed by atoms with Crippen molar-refractivity contribution >= 4 is 16.5 Å². The molecule has 1 aromatic carbocycles. The van der Waals surface area contributed by atoms with Crippen molar-refractivity contribution in [3.63, 3.8) is 0 Å². The summed E-state index contributed by atoms with van der Waals surface area (Å²) in [4.78, 5) is 23.5. The van der Waals surface area contributed by atoms with Gasteiger partial charge < -0.3 is 9.73 Å². The van der Waals surface area contributed by atoms with Gasteiger partial charge >= 0.3 is 0 Å². The van der Waals surface area contributed by atoms with Gasteiger partial charge in [0.25, 0.3) is 11.1 Å². The van der Waals surface area contributed by atoms with Crippen LogP contribution >= 0.6 is 0 Å². The van der Waals surface area contributed by atoms with Gasteiger partial charge in [-0.1, -0.05) is 6.07 Å². The molecular weight excluding hydrogens is 246 g/mol. The molecule has 0 amide bonds. The lowest BCUT2D eigenvalue weighted by Crippen LogP contribution is -2.20. The van der Waals surface area contributed by atoms with Gasteiger partial charge in [0.15, 0.2) is 0 Å². The lowest BCUT2D eigenvalue weighted by molar-refractivity contribution is 0.518. The van der Waals surface area contributed by atoms with Gasteiger partial charge in [-0.15, -0.1) is 0 Å². The topological polar surface area (TPSA) is 90.9 Å². The maximum atomic E-state index is 11.8. The Bertz CT molecular complexity index is 815. The average Bonchev–Trinajstić information content (AvgIpc) is 2.94. The summed E-state index contributed by atoms with van der Waals surface area (Å²) in [6.45, 7) is 0.443. The fourth-order valence-corrected chi connectivity index (χ4v) is 1.97.